The maximum Gasteiger partial charge on any atom is 0.285 e. The van der Waals surface area contributed by atoms with Gasteiger partial charge in [-0.3, -0.25) is 14.9 Å². The third kappa shape index (κ3) is 3.07. The van der Waals surface area contributed by atoms with Crippen LogP contribution in [0.4, 0.5) is 0 Å². The summed E-state index contributed by atoms with van der Waals surface area (Å²) in [6.45, 7) is 2.31. The molecule has 1 aromatic heterocycles. The van der Waals surface area contributed by atoms with Crippen LogP contribution >= 0.6 is 23.2 Å². The topological polar surface area (TPSA) is 72.9 Å². The Bertz CT molecular complexity index is 624. The Morgan fingerprint density at radius 1 is 1.42 bits per heavy atom. The summed E-state index contributed by atoms with van der Waals surface area (Å²) in [4.78, 5) is 11.4. The minimum Gasteiger partial charge on any atom is -0.289 e. The summed E-state index contributed by atoms with van der Waals surface area (Å²) in [5.74, 6) is 4.65. The summed E-state index contributed by atoms with van der Waals surface area (Å²) in [5, 5.41) is 5.31. The van der Waals surface area contributed by atoms with Crippen LogP contribution in [0.3, 0.4) is 0 Å². The largest absolute Gasteiger partial charge is 0.289 e. The summed E-state index contributed by atoms with van der Waals surface area (Å²) in [6, 6.07) is 6.92. The molecule has 1 amide bonds. The first-order valence-electron chi connectivity index (χ1n) is 5.50. The van der Waals surface area contributed by atoms with Crippen molar-refractivity contribution in [2.75, 3.05) is 0 Å². The number of nitrogen functional groups attached to an aromatic ring is 1. The number of aryl methyl sites for hydroxylation is 1. The molecule has 3 N–H and O–H groups in total. The molecule has 1 aromatic carbocycles. The fraction of sp³-hybridized carbons (Fsp3) is 0.167. The number of nitrogens with zero attached hydrogens (tertiary/aromatic N) is 2. The number of carbonyl (C=O) groups excluding carboxylic acids is 1. The van der Waals surface area contributed by atoms with Crippen molar-refractivity contribution < 1.29 is 4.79 Å². The minimum absolute atomic E-state index is 0.269. The molecule has 0 radical (unpaired) electrons. The SMILES string of the molecule is Cc1cc(C(=O)NN)nn1Cc1ccc(Cl)cc1Cl. The molecule has 7 heteroatoms. The van der Waals surface area contributed by atoms with E-state index in [0.29, 0.717) is 16.6 Å². The van der Waals surface area contributed by atoms with Crippen LogP contribution in [0.2, 0.25) is 10.0 Å². The molecule has 0 aliphatic rings. The van der Waals surface area contributed by atoms with Crippen molar-refractivity contribution in [3.63, 3.8) is 0 Å². The predicted molar refractivity (Wildman–Crippen MR) is 74.2 cm³/mol. The number of aromatic nitrogens is 2. The van der Waals surface area contributed by atoms with Gasteiger partial charge in [-0.1, -0.05) is 29.3 Å². The van der Waals surface area contributed by atoms with Crippen LogP contribution in [-0.2, 0) is 6.54 Å². The van der Waals surface area contributed by atoms with E-state index in [1.165, 1.54) is 0 Å². The van der Waals surface area contributed by atoms with E-state index < -0.39 is 5.91 Å². The molecule has 0 atom stereocenters. The highest BCUT2D eigenvalue weighted by Crippen LogP contribution is 2.22. The molecule has 5 nitrogen and oxygen atoms in total. The first-order chi connectivity index (χ1) is 9.01. The third-order valence-corrected chi connectivity index (χ3v) is 3.27. The Morgan fingerprint density at radius 3 is 2.79 bits per heavy atom. The standard InChI is InChI=1S/C12H12Cl2N4O/c1-7-4-11(12(19)16-15)17-18(7)6-8-2-3-9(13)5-10(8)14/h2-5H,6,15H2,1H3,(H,16,19). The number of hydrogen-bond donors (Lipinski definition) is 2. The van der Waals surface area contributed by atoms with E-state index in [1.807, 2.05) is 18.4 Å². The van der Waals surface area contributed by atoms with E-state index in [-0.39, 0.29) is 5.69 Å². The van der Waals surface area contributed by atoms with Crippen LogP contribution in [0.15, 0.2) is 24.3 Å². The van der Waals surface area contributed by atoms with E-state index >= 15 is 0 Å². The molecule has 1 heterocycles. The van der Waals surface area contributed by atoms with Crippen LogP contribution in [0.1, 0.15) is 21.7 Å². The fourth-order valence-corrected chi connectivity index (χ4v) is 2.13. The van der Waals surface area contributed by atoms with Gasteiger partial charge >= 0.3 is 0 Å². The zero-order chi connectivity index (χ0) is 14.0. The third-order valence-electron chi connectivity index (χ3n) is 2.68. The second kappa shape index (κ2) is 5.61. The fourth-order valence-electron chi connectivity index (χ4n) is 1.67. The Balaban J connectivity index is 2.28. The maximum absolute atomic E-state index is 11.4. The van der Waals surface area contributed by atoms with Gasteiger partial charge < -0.3 is 0 Å². The molecular weight excluding hydrogens is 287 g/mol. The molecule has 0 saturated carbocycles. The summed E-state index contributed by atoms with van der Waals surface area (Å²) in [5.41, 5.74) is 4.02. The lowest BCUT2D eigenvalue weighted by Crippen LogP contribution is -2.30. The highest BCUT2D eigenvalue weighted by molar-refractivity contribution is 6.35. The van der Waals surface area contributed by atoms with Gasteiger partial charge in [0, 0.05) is 15.7 Å². The number of rotatable bonds is 3. The molecule has 100 valence electrons. The second-order valence-electron chi connectivity index (χ2n) is 4.04. The lowest BCUT2D eigenvalue weighted by molar-refractivity contribution is 0.0948. The minimum atomic E-state index is -0.427. The molecule has 2 rings (SSSR count). The summed E-state index contributed by atoms with van der Waals surface area (Å²) in [6.07, 6.45) is 0. The van der Waals surface area contributed by atoms with E-state index in [9.17, 15) is 4.79 Å². The maximum atomic E-state index is 11.4. The summed E-state index contributed by atoms with van der Waals surface area (Å²) < 4.78 is 1.68. The first kappa shape index (κ1) is 13.9. The quantitative estimate of drug-likeness (QED) is 0.518. The average molecular weight is 299 g/mol. The normalized spacial score (nSPS) is 10.5. The Hall–Kier alpha value is -1.56. The summed E-state index contributed by atoms with van der Waals surface area (Å²) in [7, 11) is 0. The second-order valence-corrected chi connectivity index (χ2v) is 4.88. The van der Waals surface area contributed by atoms with Crippen molar-refractivity contribution >= 4 is 29.1 Å². The summed E-state index contributed by atoms with van der Waals surface area (Å²) >= 11 is 11.9. The van der Waals surface area contributed by atoms with Gasteiger partial charge in [-0.05, 0) is 30.7 Å². The monoisotopic (exact) mass is 298 g/mol. The first-order valence-corrected chi connectivity index (χ1v) is 6.26. The number of nitrogens with one attached hydrogen (secondary N) is 1. The number of nitrogens with two attached hydrogens (primary N) is 1. The molecule has 0 saturated heterocycles. The van der Waals surface area contributed by atoms with Gasteiger partial charge in [0.05, 0.1) is 6.54 Å². The molecule has 0 fully saturated rings. The molecule has 0 aliphatic carbocycles. The van der Waals surface area contributed by atoms with Crippen molar-refractivity contribution in [3.8, 4) is 0 Å². The molecule has 0 spiro atoms. The number of hydrazine groups is 1. The van der Waals surface area contributed by atoms with Gasteiger partial charge in [-0.2, -0.15) is 5.10 Å². The molecule has 0 unspecified atom stereocenters. The van der Waals surface area contributed by atoms with Gasteiger partial charge in [-0.15, -0.1) is 0 Å². The lowest BCUT2D eigenvalue weighted by Gasteiger charge is -2.07. The molecule has 2 aromatic rings. The Labute approximate surface area is 120 Å². The van der Waals surface area contributed by atoms with Gasteiger partial charge in [-0.25, -0.2) is 5.84 Å². The van der Waals surface area contributed by atoms with E-state index in [4.69, 9.17) is 29.0 Å². The Morgan fingerprint density at radius 2 is 2.16 bits per heavy atom. The van der Waals surface area contributed by atoms with Crippen molar-refractivity contribution in [3.05, 3.63) is 51.3 Å². The smallest absolute Gasteiger partial charge is 0.285 e. The van der Waals surface area contributed by atoms with E-state index in [1.54, 1.807) is 22.9 Å². The van der Waals surface area contributed by atoms with Crippen LogP contribution in [0, 0.1) is 6.92 Å². The lowest BCUT2D eigenvalue weighted by atomic mass is 10.2. The van der Waals surface area contributed by atoms with Crippen molar-refractivity contribution in [2.45, 2.75) is 13.5 Å². The predicted octanol–water partition coefficient (Wildman–Crippen LogP) is 2.15. The van der Waals surface area contributed by atoms with Gasteiger partial charge in [0.25, 0.3) is 5.91 Å². The van der Waals surface area contributed by atoms with Crippen LogP contribution in [0.25, 0.3) is 0 Å². The number of benzene rings is 1. The van der Waals surface area contributed by atoms with Crippen LogP contribution in [0.5, 0.6) is 0 Å². The highest BCUT2D eigenvalue weighted by atomic mass is 35.5. The van der Waals surface area contributed by atoms with Gasteiger partial charge in [0.15, 0.2) is 5.69 Å². The number of carbonyl (C=O) groups is 1. The molecule has 0 bridgehead atoms. The Kier molecular flexibility index (Phi) is 4.09. The van der Waals surface area contributed by atoms with Crippen molar-refractivity contribution in [2.24, 2.45) is 5.84 Å². The van der Waals surface area contributed by atoms with E-state index in [0.717, 1.165) is 11.3 Å². The molecule has 0 aliphatic heterocycles. The van der Waals surface area contributed by atoms with E-state index in [2.05, 4.69) is 5.10 Å². The average Bonchev–Trinajstić information content (AvgIpc) is 2.73. The number of halogens is 2. The van der Waals surface area contributed by atoms with Gasteiger partial charge in [0.2, 0.25) is 0 Å². The van der Waals surface area contributed by atoms with Crippen molar-refractivity contribution in [1.29, 1.82) is 0 Å². The van der Waals surface area contributed by atoms with Crippen LogP contribution < -0.4 is 11.3 Å². The van der Waals surface area contributed by atoms with Crippen LogP contribution in [-0.4, -0.2) is 15.7 Å². The zero-order valence-corrected chi connectivity index (χ0v) is 11.7. The molecule has 19 heavy (non-hydrogen) atoms. The number of hydrogen-bond acceptors (Lipinski definition) is 3. The van der Waals surface area contributed by atoms with Gasteiger partial charge in [0.1, 0.15) is 0 Å². The van der Waals surface area contributed by atoms with Crippen molar-refractivity contribution in [1.82, 2.24) is 15.2 Å². The number of amides is 1. The highest BCUT2D eigenvalue weighted by Gasteiger charge is 2.12. The molecular formula is C12H12Cl2N4O. The zero-order valence-electron chi connectivity index (χ0n) is 10.2.